The van der Waals surface area contributed by atoms with Crippen molar-refractivity contribution in [2.24, 2.45) is 0 Å². The van der Waals surface area contributed by atoms with E-state index in [1.807, 2.05) is 0 Å². The fraction of sp³-hybridized carbons (Fsp3) is 0.385. The van der Waals surface area contributed by atoms with Gasteiger partial charge in [0.1, 0.15) is 11.8 Å². The summed E-state index contributed by atoms with van der Waals surface area (Å²) in [5, 5.41) is 2.70. The molecule has 1 unspecified atom stereocenters. The Morgan fingerprint density at radius 2 is 2.26 bits per heavy atom. The van der Waals surface area contributed by atoms with Crippen LogP contribution in [0.4, 0.5) is 5.69 Å². The number of carbonyl (C=O) groups is 2. The lowest BCUT2D eigenvalue weighted by atomic mass is 10.1. The average Bonchev–Trinajstić information content (AvgIpc) is 2.70. The van der Waals surface area contributed by atoms with Gasteiger partial charge in [-0.25, -0.2) is 0 Å². The molecule has 1 atom stereocenters. The van der Waals surface area contributed by atoms with Crippen LogP contribution in [0.3, 0.4) is 0 Å². The van der Waals surface area contributed by atoms with E-state index in [9.17, 15) is 9.59 Å². The van der Waals surface area contributed by atoms with Crippen LogP contribution in [0.2, 0.25) is 0 Å². The number of ether oxygens (including phenoxy) is 1. The Kier molecular flexibility index (Phi) is 3.59. The zero-order valence-corrected chi connectivity index (χ0v) is 11.0. The summed E-state index contributed by atoms with van der Waals surface area (Å²) in [5.74, 6) is 0.181. The van der Waals surface area contributed by atoms with Crippen LogP contribution in [0, 0.1) is 0 Å². The lowest BCUT2D eigenvalue weighted by Gasteiger charge is -2.13. The molecule has 19 heavy (non-hydrogen) atoms. The van der Waals surface area contributed by atoms with Crippen molar-refractivity contribution in [2.45, 2.75) is 12.5 Å². The highest BCUT2D eigenvalue weighted by Crippen LogP contribution is 2.20. The molecule has 1 aliphatic rings. The van der Waals surface area contributed by atoms with Crippen LogP contribution in [-0.4, -0.2) is 43.5 Å². The largest absolute Gasteiger partial charge is 0.497 e. The normalized spacial score (nSPS) is 18.5. The quantitative estimate of drug-likeness (QED) is 0.765. The molecule has 0 radical (unpaired) electrons. The van der Waals surface area contributed by atoms with Crippen molar-refractivity contribution in [1.82, 2.24) is 10.2 Å². The molecule has 2 rings (SSSR count). The number of likely N-dealkylation sites (N-methyl/N-ethyl adjacent to an activating group) is 1. The average molecular weight is 263 g/mol. The molecule has 1 saturated heterocycles. The van der Waals surface area contributed by atoms with Crippen molar-refractivity contribution in [3.63, 3.8) is 0 Å². The summed E-state index contributed by atoms with van der Waals surface area (Å²) < 4.78 is 5.02. The second kappa shape index (κ2) is 5.17. The summed E-state index contributed by atoms with van der Waals surface area (Å²) in [4.78, 5) is 25.4. The number of nitrogens with two attached hydrogens (primary N) is 1. The highest BCUT2D eigenvalue weighted by molar-refractivity contribution is 6.01. The summed E-state index contributed by atoms with van der Waals surface area (Å²) in [7, 11) is 3.25. The molecule has 0 spiro atoms. The first-order chi connectivity index (χ1) is 9.02. The van der Waals surface area contributed by atoms with Crippen molar-refractivity contribution >= 4 is 17.5 Å². The first-order valence-electron chi connectivity index (χ1n) is 6.02. The molecule has 1 aromatic rings. The van der Waals surface area contributed by atoms with Gasteiger partial charge in [0.15, 0.2) is 0 Å². The third-order valence-electron chi connectivity index (χ3n) is 3.24. The highest BCUT2D eigenvalue weighted by Gasteiger charge is 2.30. The number of hydrogen-bond donors (Lipinski definition) is 2. The van der Waals surface area contributed by atoms with E-state index in [1.54, 1.807) is 30.1 Å². The zero-order valence-electron chi connectivity index (χ0n) is 11.0. The molecule has 0 aromatic heterocycles. The van der Waals surface area contributed by atoms with Gasteiger partial charge in [-0.1, -0.05) is 0 Å². The number of methoxy groups -OCH3 is 1. The molecule has 0 bridgehead atoms. The molecule has 2 amide bonds. The SMILES string of the molecule is COc1ccc(C(=O)NC2CCN(C)C2=O)c(N)c1. The minimum absolute atomic E-state index is 0.0690. The first kappa shape index (κ1) is 13.2. The Morgan fingerprint density at radius 1 is 1.53 bits per heavy atom. The number of anilines is 1. The zero-order chi connectivity index (χ0) is 14.0. The molecule has 0 saturated carbocycles. The third-order valence-corrected chi connectivity index (χ3v) is 3.24. The van der Waals surface area contributed by atoms with Gasteiger partial charge in [0.05, 0.1) is 12.7 Å². The van der Waals surface area contributed by atoms with Crippen LogP contribution >= 0.6 is 0 Å². The van der Waals surface area contributed by atoms with Crippen LogP contribution in [0.5, 0.6) is 5.75 Å². The van der Waals surface area contributed by atoms with Gasteiger partial charge in [-0.3, -0.25) is 9.59 Å². The number of carbonyl (C=O) groups excluding carboxylic acids is 2. The smallest absolute Gasteiger partial charge is 0.254 e. The monoisotopic (exact) mass is 263 g/mol. The summed E-state index contributed by atoms with van der Waals surface area (Å²) in [6, 6.07) is 4.37. The maximum atomic E-state index is 12.1. The first-order valence-corrected chi connectivity index (χ1v) is 6.02. The van der Waals surface area contributed by atoms with Gasteiger partial charge in [0, 0.05) is 25.3 Å². The summed E-state index contributed by atoms with van der Waals surface area (Å²) in [6.07, 6.45) is 0.622. The lowest BCUT2D eigenvalue weighted by Crippen LogP contribution is -2.40. The molecule has 0 aliphatic carbocycles. The van der Waals surface area contributed by atoms with Crippen molar-refractivity contribution in [1.29, 1.82) is 0 Å². The summed E-state index contributed by atoms with van der Waals surface area (Å²) in [5.41, 5.74) is 6.48. The summed E-state index contributed by atoms with van der Waals surface area (Å²) >= 11 is 0. The molecule has 1 heterocycles. The Morgan fingerprint density at radius 3 is 2.79 bits per heavy atom. The number of rotatable bonds is 3. The maximum Gasteiger partial charge on any atom is 0.254 e. The van der Waals surface area contributed by atoms with Gasteiger partial charge in [-0.2, -0.15) is 0 Å². The number of likely N-dealkylation sites (tertiary alicyclic amines) is 1. The van der Waals surface area contributed by atoms with E-state index >= 15 is 0 Å². The summed E-state index contributed by atoms with van der Waals surface area (Å²) in [6.45, 7) is 0.655. The Balaban J connectivity index is 2.10. The predicted molar refractivity (Wildman–Crippen MR) is 70.9 cm³/mol. The van der Waals surface area contributed by atoms with Gasteiger partial charge in [-0.05, 0) is 18.6 Å². The molecule has 1 fully saturated rings. The second-order valence-corrected chi connectivity index (χ2v) is 4.53. The minimum atomic E-state index is -0.459. The molecule has 1 aromatic carbocycles. The molecule has 6 nitrogen and oxygen atoms in total. The number of nitrogens with zero attached hydrogens (tertiary/aromatic N) is 1. The van der Waals surface area contributed by atoms with Crippen LogP contribution in [0.15, 0.2) is 18.2 Å². The lowest BCUT2D eigenvalue weighted by molar-refractivity contribution is -0.128. The second-order valence-electron chi connectivity index (χ2n) is 4.53. The molecular formula is C13H17N3O3. The van der Waals surface area contributed by atoms with E-state index in [4.69, 9.17) is 10.5 Å². The molecule has 1 aliphatic heterocycles. The van der Waals surface area contributed by atoms with E-state index in [2.05, 4.69) is 5.32 Å². The number of hydrogen-bond acceptors (Lipinski definition) is 4. The number of amides is 2. The van der Waals surface area contributed by atoms with Gasteiger partial charge in [0.2, 0.25) is 5.91 Å². The van der Waals surface area contributed by atoms with E-state index in [0.717, 1.165) is 0 Å². The topological polar surface area (TPSA) is 84.7 Å². The minimum Gasteiger partial charge on any atom is -0.497 e. The number of nitrogens with one attached hydrogen (secondary N) is 1. The van der Waals surface area contributed by atoms with Crippen molar-refractivity contribution < 1.29 is 14.3 Å². The molecule has 6 heteroatoms. The van der Waals surface area contributed by atoms with Crippen molar-refractivity contribution in [3.8, 4) is 5.75 Å². The van der Waals surface area contributed by atoms with Crippen LogP contribution in [-0.2, 0) is 4.79 Å². The van der Waals surface area contributed by atoms with E-state index in [-0.39, 0.29) is 11.8 Å². The van der Waals surface area contributed by atoms with Gasteiger partial charge in [0.25, 0.3) is 5.91 Å². The fourth-order valence-corrected chi connectivity index (χ4v) is 2.07. The molecule has 102 valence electrons. The van der Waals surface area contributed by atoms with E-state index < -0.39 is 6.04 Å². The Labute approximate surface area is 111 Å². The fourth-order valence-electron chi connectivity index (χ4n) is 2.07. The third kappa shape index (κ3) is 2.62. The van der Waals surface area contributed by atoms with Crippen molar-refractivity contribution in [3.05, 3.63) is 23.8 Å². The van der Waals surface area contributed by atoms with Gasteiger partial charge in [-0.15, -0.1) is 0 Å². The van der Waals surface area contributed by atoms with E-state index in [0.29, 0.717) is 30.0 Å². The number of nitrogen functional groups attached to an aromatic ring is 1. The standard InChI is InChI=1S/C13H17N3O3/c1-16-6-5-11(13(16)18)15-12(17)9-4-3-8(19-2)7-10(9)14/h3-4,7,11H,5-6,14H2,1-2H3,(H,15,17). The Hall–Kier alpha value is -2.24. The highest BCUT2D eigenvalue weighted by atomic mass is 16.5. The van der Waals surface area contributed by atoms with E-state index in [1.165, 1.54) is 7.11 Å². The molecule has 3 N–H and O–H groups in total. The van der Waals surface area contributed by atoms with Gasteiger partial charge < -0.3 is 20.7 Å². The number of benzene rings is 1. The van der Waals surface area contributed by atoms with Gasteiger partial charge >= 0.3 is 0 Å². The Bertz CT molecular complexity index is 516. The maximum absolute atomic E-state index is 12.1. The molecular weight excluding hydrogens is 246 g/mol. The predicted octanol–water partition coefficient (Wildman–Crippen LogP) is 0.238. The van der Waals surface area contributed by atoms with Crippen LogP contribution in [0.1, 0.15) is 16.8 Å². The van der Waals surface area contributed by atoms with Crippen LogP contribution < -0.4 is 15.8 Å². The van der Waals surface area contributed by atoms with Crippen molar-refractivity contribution in [2.75, 3.05) is 26.4 Å². The van der Waals surface area contributed by atoms with Crippen LogP contribution in [0.25, 0.3) is 0 Å².